The zero-order valence-corrected chi connectivity index (χ0v) is 10.1. The molecule has 2 aliphatic rings. The van der Waals surface area contributed by atoms with Crippen LogP contribution >= 0.6 is 0 Å². The summed E-state index contributed by atoms with van der Waals surface area (Å²) in [5.41, 5.74) is 0. The van der Waals surface area contributed by atoms with E-state index >= 15 is 0 Å². The van der Waals surface area contributed by atoms with E-state index in [1.54, 1.807) is 0 Å². The van der Waals surface area contributed by atoms with Gasteiger partial charge in [0.15, 0.2) is 0 Å². The van der Waals surface area contributed by atoms with Crippen molar-refractivity contribution in [1.82, 2.24) is 0 Å². The third-order valence-corrected chi connectivity index (χ3v) is 3.93. The molecule has 0 amide bonds. The molecule has 1 aliphatic heterocycles. The Bertz CT molecular complexity index is 177. The van der Waals surface area contributed by atoms with Crippen molar-refractivity contribution < 1.29 is 9.47 Å². The summed E-state index contributed by atoms with van der Waals surface area (Å²) in [4.78, 5) is 0. The molecule has 88 valence electrons. The van der Waals surface area contributed by atoms with Crippen molar-refractivity contribution in [2.24, 2.45) is 11.8 Å². The summed E-state index contributed by atoms with van der Waals surface area (Å²) in [6.45, 7) is 6.41. The molecule has 0 aromatic heterocycles. The molecule has 1 heterocycles. The van der Waals surface area contributed by atoms with Gasteiger partial charge in [0.1, 0.15) is 0 Å². The second-order valence-corrected chi connectivity index (χ2v) is 5.40. The fourth-order valence-corrected chi connectivity index (χ4v) is 2.78. The first kappa shape index (κ1) is 11.4. The predicted molar refractivity (Wildman–Crippen MR) is 60.9 cm³/mol. The SMILES string of the molecule is CC(C)[C@H]1CC[C@H](OC2CCOC2)CC1. The maximum Gasteiger partial charge on any atom is 0.0834 e. The van der Waals surface area contributed by atoms with Crippen molar-refractivity contribution in [1.29, 1.82) is 0 Å². The van der Waals surface area contributed by atoms with Crippen molar-refractivity contribution in [2.75, 3.05) is 13.2 Å². The summed E-state index contributed by atoms with van der Waals surface area (Å²) in [7, 11) is 0. The molecule has 2 nitrogen and oxygen atoms in total. The zero-order chi connectivity index (χ0) is 10.7. The van der Waals surface area contributed by atoms with Gasteiger partial charge in [-0.2, -0.15) is 0 Å². The Hall–Kier alpha value is -0.0800. The van der Waals surface area contributed by atoms with Crippen LogP contribution in [0.5, 0.6) is 0 Å². The lowest BCUT2D eigenvalue weighted by molar-refractivity contribution is -0.0410. The monoisotopic (exact) mass is 212 g/mol. The Kier molecular flexibility index (Phi) is 4.04. The summed E-state index contributed by atoms with van der Waals surface area (Å²) in [6, 6.07) is 0. The normalized spacial score (nSPS) is 37.4. The maximum absolute atomic E-state index is 6.06. The van der Waals surface area contributed by atoms with Crippen LogP contribution in [0.2, 0.25) is 0 Å². The molecule has 2 fully saturated rings. The van der Waals surface area contributed by atoms with Gasteiger partial charge in [-0.1, -0.05) is 13.8 Å². The molecule has 1 saturated carbocycles. The van der Waals surface area contributed by atoms with E-state index in [1.165, 1.54) is 25.7 Å². The summed E-state index contributed by atoms with van der Waals surface area (Å²) >= 11 is 0. The topological polar surface area (TPSA) is 18.5 Å². The standard InChI is InChI=1S/C13H24O2/c1-10(2)11-3-5-12(6-4-11)15-13-7-8-14-9-13/h10-13H,3-9H2,1-2H3/t11-,12-,13?. The molecule has 0 N–H and O–H groups in total. The molecule has 0 aromatic rings. The van der Waals surface area contributed by atoms with Gasteiger partial charge in [-0.3, -0.25) is 0 Å². The Morgan fingerprint density at radius 3 is 2.27 bits per heavy atom. The minimum Gasteiger partial charge on any atom is -0.379 e. The van der Waals surface area contributed by atoms with Crippen LogP contribution in [0.15, 0.2) is 0 Å². The van der Waals surface area contributed by atoms with Crippen molar-refractivity contribution in [3.8, 4) is 0 Å². The smallest absolute Gasteiger partial charge is 0.0834 e. The van der Waals surface area contributed by atoms with Gasteiger partial charge in [-0.05, 0) is 43.9 Å². The van der Waals surface area contributed by atoms with Crippen LogP contribution in [0, 0.1) is 11.8 Å². The summed E-state index contributed by atoms with van der Waals surface area (Å²) in [5.74, 6) is 1.78. The van der Waals surface area contributed by atoms with Crippen LogP contribution in [-0.2, 0) is 9.47 Å². The van der Waals surface area contributed by atoms with E-state index in [0.29, 0.717) is 12.2 Å². The number of hydrogen-bond acceptors (Lipinski definition) is 2. The molecule has 1 atom stereocenters. The zero-order valence-electron chi connectivity index (χ0n) is 10.1. The lowest BCUT2D eigenvalue weighted by Crippen LogP contribution is -2.28. The van der Waals surface area contributed by atoms with E-state index in [0.717, 1.165) is 31.5 Å². The summed E-state index contributed by atoms with van der Waals surface area (Å²) in [5, 5.41) is 0. The van der Waals surface area contributed by atoms with E-state index in [4.69, 9.17) is 9.47 Å². The van der Waals surface area contributed by atoms with Gasteiger partial charge in [-0.25, -0.2) is 0 Å². The fourth-order valence-electron chi connectivity index (χ4n) is 2.78. The number of rotatable bonds is 3. The van der Waals surface area contributed by atoms with Crippen molar-refractivity contribution in [3.63, 3.8) is 0 Å². The first-order valence-corrected chi connectivity index (χ1v) is 6.49. The number of hydrogen-bond donors (Lipinski definition) is 0. The third-order valence-electron chi connectivity index (χ3n) is 3.93. The largest absolute Gasteiger partial charge is 0.379 e. The minimum absolute atomic E-state index is 0.394. The Morgan fingerprint density at radius 2 is 1.73 bits per heavy atom. The van der Waals surface area contributed by atoms with Gasteiger partial charge in [0.2, 0.25) is 0 Å². The second-order valence-electron chi connectivity index (χ2n) is 5.40. The molecule has 1 unspecified atom stereocenters. The Balaban J connectivity index is 1.68. The van der Waals surface area contributed by atoms with Gasteiger partial charge < -0.3 is 9.47 Å². The molecular weight excluding hydrogens is 188 g/mol. The highest BCUT2D eigenvalue weighted by Gasteiger charge is 2.27. The first-order valence-electron chi connectivity index (χ1n) is 6.49. The van der Waals surface area contributed by atoms with Crippen LogP contribution in [0.25, 0.3) is 0 Å². The van der Waals surface area contributed by atoms with E-state index in [2.05, 4.69) is 13.8 Å². The van der Waals surface area contributed by atoms with Gasteiger partial charge >= 0.3 is 0 Å². The predicted octanol–water partition coefficient (Wildman–Crippen LogP) is 3.01. The van der Waals surface area contributed by atoms with Gasteiger partial charge in [0, 0.05) is 6.61 Å². The average Bonchev–Trinajstić information content (AvgIpc) is 2.71. The van der Waals surface area contributed by atoms with Crippen LogP contribution in [0.1, 0.15) is 46.0 Å². The van der Waals surface area contributed by atoms with E-state index in [-0.39, 0.29) is 0 Å². The Labute approximate surface area is 93.3 Å². The van der Waals surface area contributed by atoms with Crippen LogP contribution in [0.3, 0.4) is 0 Å². The van der Waals surface area contributed by atoms with Gasteiger partial charge in [0.25, 0.3) is 0 Å². The first-order chi connectivity index (χ1) is 7.25. The van der Waals surface area contributed by atoms with Crippen molar-refractivity contribution in [2.45, 2.75) is 58.2 Å². The quantitative estimate of drug-likeness (QED) is 0.716. The molecular formula is C13H24O2. The average molecular weight is 212 g/mol. The van der Waals surface area contributed by atoms with E-state index in [9.17, 15) is 0 Å². The van der Waals surface area contributed by atoms with Gasteiger partial charge in [-0.15, -0.1) is 0 Å². The molecule has 2 heteroatoms. The molecule has 0 aromatic carbocycles. The lowest BCUT2D eigenvalue weighted by atomic mass is 9.80. The highest BCUT2D eigenvalue weighted by molar-refractivity contribution is 4.76. The molecule has 15 heavy (non-hydrogen) atoms. The highest BCUT2D eigenvalue weighted by Crippen LogP contribution is 2.32. The minimum atomic E-state index is 0.394. The molecule has 0 radical (unpaired) electrons. The van der Waals surface area contributed by atoms with Crippen LogP contribution in [0.4, 0.5) is 0 Å². The maximum atomic E-state index is 6.06. The lowest BCUT2D eigenvalue weighted by Gasteiger charge is -2.32. The second kappa shape index (κ2) is 5.31. The molecule has 1 saturated heterocycles. The molecule has 0 spiro atoms. The summed E-state index contributed by atoms with van der Waals surface area (Å²) < 4.78 is 11.4. The molecule has 0 bridgehead atoms. The van der Waals surface area contributed by atoms with E-state index < -0.39 is 0 Å². The third kappa shape index (κ3) is 3.18. The van der Waals surface area contributed by atoms with Crippen molar-refractivity contribution in [3.05, 3.63) is 0 Å². The van der Waals surface area contributed by atoms with Crippen molar-refractivity contribution >= 4 is 0 Å². The number of ether oxygens (including phenoxy) is 2. The van der Waals surface area contributed by atoms with E-state index in [1.807, 2.05) is 0 Å². The Morgan fingerprint density at radius 1 is 1.00 bits per heavy atom. The van der Waals surface area contributed by atoms with Crippen LogP contribution < -0.4 is 0 Å². The molecule has 2 rings (SSSR count). The highest BCUT2D eigenvalue weighted by atomic mass is 16.5. The van der Waals surface area contributed by atoms with Gasteiger partial charge in [0.05, 0.1) is 18.8 Å². The summed E-state index contributed by atoms with van der Waals surface area (Å²) in [6.07, 6.45) is 7.26. The molecule has 1 aliphatic carbocycles. The fraction of sp³-hybridized carbons (Fsp3) is 1.00. The van der Waals surface area contributed by atoms with Crippen LogP contribution in [-0.4, -0.2) is 25.4 Å².